The fourth-order valence-electron chi connectivity index (χ4n) is 3.40. The second kappa shape index (κ2) is 6.80. The minimum atomic E-state index is -0.0411. The van der Waals surface area contributed by atoms with Gasteiger partial charge in [-0.2, -0.15) is 0 Å². The Bertz CT molecular complexity index is 1020. The lowest BCUT2D eigenvalue weighted by Crippen LogP contribution is -2.26. The molecule has 3 rings (SSSR count). The van der Waals surface area contributed by atoms with Gasteiger partial charge in [0.25, 0.3) is 5.56 Å². The van der Waals surface area contributed by atoms with Gasteiger partial charge in [0.2, 0.25) is 0 Å². The van der Waals surface area contributed by atoms with Crippen LogP contribution < -0.4 is 10.3 Å². The number of hydrogen-bond acceptors (Lipinski definition) is 3. The molecule has 2 aromatic heterocycles. The molecule has 0 bridgehead atoms. The highest BCUT2D eigenvalue weighted by Gasteiger charge is 2.21. The first-order chi connectivity index (χ1) is 12.3. The van der Waals surface area contributed by atoms with Crippen molar-refractivity contribution >= 4 is 17.1 Å². The largest absolute Gasteiger partial charge is 0.497 e. The molecule has 0 fully saturated rings. The van der Waals surface area contributed by atoms with Crippen molar-refractivity contribution in [3.8, 4) is 17.1 Å². The lowest BCUT2D eigenvalue weighted by Gasteiger charge is -2.16. The highest BCUT2D eigenvalue weighted by atomic mass is 35.5. The summed E-state index contributed by atoms with van der Waals surface area (Å²) in [5.74, 6) is 1.50. The first-order valence-electron chi connectivity index (χ1n) is 8.77. The molecule has 0 aliphatic heterocycles. The van der Waals surface area contributed by atoms with Gasteiger partial charge in [-0.25, -0.2) is 4.52 Å². The third-order valence-electron chi connectivity index (χ3n) is 4.74. The normalized spacial score (nSPS) is 11.5. The van der Waals surface area contributed by atoms with Crippen molar-refractivity contribution in [2.45, 2.75) is 47.1 Å². The predicted molar refractivity (Wildman–Crippen MR) is 106 cm³/mol. The van der Waals surface area contributed by atoms with Gasteiger partial charge in [-0.05, 0) is 56.0 Å². The summed E-state index contributed by atoms with van der Waals surface area (Å²) in [6.07, 6.45) is 0. The predicted octanol–water partition coefficient (Wildman–Crippen LogP) is 4.59. The Kier molecular flexibility index (Phi) is 4.84. The molecule has 1 aromatic carbocycles. The molecule has 0 aliphatic carbocycles. The molecule has 0 N–H and O–H groups in total. The van der Waals surface area contributed by atoms with Crippen LogP contribution in [0, 0.1) is 13.8 Å². The Hall–Kier alpha value is -2.27. The SMILES string of the molecule is CCn1c(-c2c(C)cc(OC)cc2Cl)nn2c(C)cc(C(C)C)c2c1=O. The van der Waals surface area contributed by atoms with E-state index in [0.29, 0.717) is 28.7 Å². The van der Waals surface area contributed by atoms with E-state index in [0.717, 1.165) is 22.4 Å². The summed E-state index contributed by atoms with van der Waals surface area (Å²) in [5, 5.41) is 5.33. The van der Waals surface area contributed by atoms with E-state index in [1.165, 1.54) is 0 Å². The number of halogens is 1. The molecular weight excluding hydrogens is 350 g/mol. The minimum absolute atomic E-state index is 0.0411. The number of aromatic nitrogens is 3. The Labute approximate surface area is 158 Å². The molecule has 0 radical (unpaired) electrons. The van der Waals surface area contributed by atoms with Crippen LogP contribution in [0.1, 0.15) is 43.5 Å². The Morgan fingerprint density at radius 2 is 1.92 bits per heavy atom. The van der Waals surface area contributed by atoms with E-state index in [9.17, 15) is 4.79 Å². The van der Waals surface area contributed by atoms with Crippen molar-refractivity contribution in [2.75, 3.05) is 7.11 Å². The number of ether oxygens (including phenoxy) is 1. The molecule has 0 amide bonds. The smallest absolute Gasteiger partial charge is 0.278 e. The summed E-state index contributed by atoms with van der Waals surface area (Å²) in [6, 6.07) is 5.70. The molecule has 5 nitrogen and oxygen atoms in total. The fourth-order valence-corrected chi connectivity index (χ4v) is 3.74. The van der Waals surface area contributed by atoms with E-state index in [1.54, 1.807) is 22.3 Å². The number of hydrogen-bond donors (Lipinski definition) is 0. The van der Waals surface area contributed by atoms with Gasteiger partial charge >= 0.3 is 0 Å². The Morgan fingerprint density at radius 1 is 1.23 bits per heavy atom. The van der Waals surface area contributed by atoms with Gasteiger partial charge in [0, 0.05) is 17.8 Å². The van der Waals surface area contributed by atoms with E-state index in [1.807, 2.05) is 32.9 Å². The Balaban J connectivity index is 2.42. The van der Waals surface area contributed by atoms with Gasteiger partial charge in [-0.1, -0.05) is 25.4 Å². The second-order valence-corrected chi connectivity index (χ2v) is 7.24. The van der Waals surface area contributed by atoms with Crippen molar-refractivity contribution < 1.29 is 4.74 Å². The van der Waals surface area contributed by atoms with Crippen LogP contribution in [0.25, 0.3) is 16.9 Å². The number of nitrogens with zero attached hydrogens (tertiary/aromatic N) is 3. The Morgan fingerprint density at radius 3 is 2.46 bits per heavy atom. The molecule has 0 spiro atoms. The van der Waals surface area contributed by atoms with Crippen molar-refractivity contribution in [3.63, 3.8) is 0 Å². The van der Waals surface area contributed by atoms with E-state index < -0.39 is 0 Å². The molecule has 3 aromatic rings. The first-order valence-corrected chi connectivity index (χ1v) is 9.15. The molecular formula is C20H24ClN3O2. The van der Waals surface area contributed by atoms with Crippen LogP contribution in [0.3, 0.4) is 0 Å². The molecule has 0 saturated carbocycles. The molecule has 138 valence electrons. The summed E-state index contributed by atoms with van der Waals surface area (Å²) in [6.45, 7) is 10.5. The first kappa shape index (κ1) is 18.5. The van der Waals surface area contributed by atoms with Gasteiger partial charge in [-0.15, -0.1) is 5.10 Å². The number of aryl methyl sites for hydroxylation is 2. The van der Waals surface area contributed by atoms with Crippen LogP contribution >= 0.6 is 11.6 Å². The van der Waals surface area contributed by atoms with Gasteiger partial charge in [0.15, 0.2) is 5.82 Å². The third-order valence-corrected chi connectivity index (χ3v) is 5.04. The summed E-state index contributed by atoms with van der Waals surface area (Å²) in [7, 11) is 1.60. The van der Waals surface area contributed by atoms with Crippen LogP contribution in [-0.4, -0.2) is 21.3 Å². The van der Waals surface area contributed by atoms with Crippen LogP contribution in [0.4, 0.5) is 0 Å². The number of fused-ring (bicyclic) bond motifs is 1. The number of rotatable bonds is 4. The van der Waals surface area contributed by atoms with Crippen LogP contribution in [0.5, 0.6) is 5.75 Å². The average Bonchev–Trinajstić information content (AvgIpc) is 2.92. The second-order valence-electron chi connectivity index (χ2n) is 6.83. The summed E-state index contributed by atoms with van der Waals surface area (Å²) in [5.41, 5.74) is 4.23. The summed E-state index contributed by atoms with van der Waals surface area (Å²) in [4.78, 5) is 13.3. The van der Waals surface area contributed by atoms with Crippen molar-refractivity contribution in [1.82, 2.24) is 14.2 Å². The van der Waals surface area contributed by atoms with Gasteiger partial charge in [-0.3, -0.25) is 9.36 Å². The van der Waals surface area contributed by atoms with Gasteiger partial charge in [0.1, 0.15) is 11.3 Å². The standard InChI is InChI=1S/C20H24ClN3O2/c1-7-23-19(17-12(4)8-14(26-6)10-16(17)21)22-24-13(5)9-15(11(2)3)18(24)20(23)25/h8-11H,7H2,1-6H3. The number of benzene rings is 1. The highest BCUT2D eigenvalue weighted by Crippen LogP contribution is 2.34. The molecule has 0 aliphatic rings. The quantitative estimate of drug-likeness (QED) is 0.672. The van der Waals surface area contributed by atoms with Crippen LogP contribution in [-0.2, 0) is 6.54 Å². The zero-order valence-corrected chi connectivity index (χ0v) is 16.8. The summed E-state index contributed by atoms with van der Waals surface area (Å²) < 4.78 is 8.73. The summed E-state index contributed by atoms with van der Waals surface area (Å²) >= 11 is 6.53. The monoisotopic (exact) mass is 373 g/mol. The highest BCUT2D eigenvalue weighted by molar-refractivity contribution is 6.33. The maximum Gasteiger partial charge on any atom is 0.278 e. The molecule has 2 heterocycles. The maximum absolute atomic E-state index is 13.3. The average molecular weight is 374 g/mol. The van der Waals surface area contributed by atoms with Crippen LogP contribution in [0.2, 0.25) is 5.02 Å². The van der Waals surface area contributed by atoms with E-state index in [4.69, 9.17) is 21.4 Å². The lowest BCUT2D eigenvalue weighted by molar-refractivity contribution is 0.414. The van der Waals surface area contributed by atoms with Crippen molar-refractivity contribution in [2.24, 2.45) is 0 Å². The van der Waals surface area contributed by atoms with E-state index >= 15 is 0 Å². The van der Waals surface area contributed by atoms with E-state index in [-0.39, 0.29) is 11.5 Å². The zero-order valence-electron chi connectivity index (χ0n) is 16.1. The zero-order chi connectivity index (χ0) is 19.2. The minimum Gasteiger partial charge on any atom is -0.497 e. The van der Waals surface area contributed by atoms with Crippen molar-refractivity contribution in [1.29, 1.82) is 0 Å². The van der Waals surface area contributed by atoms with Gasteiger partial charge in [0.05, 0.1) is 12.1 Å². The van der Waals surface area contributed by atoms with Gasteiger partial charge < -0.3 is 4.74 Å². The fraction of sp³-hybridized carbons (Fsp3) is 0.400. The van der Waals surface area contributed by atoms with Crippen molar-refractivity contribution in [3.05, 3.63) is 50.4 Å². The molecule has 0 saturated heterocycles. The molecule has 26 heavy (non-hydrogen) atoms. The number of methoxy groups -OCH3 is 1. The third kappa shape index (κ3) is 2.80. The molecule has 0 unspecified atom stereocenters. The lowest BCUT2D eigenvalue weighted by atomic mass is 10.0. The van der Waals surface area contributed by atoms with E-state index in [2.05, 4.69) is 13.8 Å². The molecule has 6 heteroatoms. The molecule has 0 atom stereocenters. The topological polar surface area (TPSA) is 48.5 Å². The van der Waals surface area contributed by atoms with Crippen LogP contribution in [0.15, 0.2) is 23.0 Å². The maximum atomic E-state index is 13.3.